The predicted octanol–water partition coefficient (Wildman–Crippen LogP) is 6.11. The maximum absolute atomic E-state index is 13.5. The van der Waals surface area contributed by atoms with Crippen LogP contribution in [0.5, 0.6) is 11.5 Å². The van der Waals surface area contributed by atoms with Crippen molar-refractivity contribution in [3.8, 4) is 34.3 Å². The molecule has 0 atom stereocenters. The third-order valence-corrected chi connectivity index (χ3v) is 9.95. The smallest absolute Gasteiger partial charge is 0.291 e. The molecule has 1 N–H and O–H groups in total. The zero-order valence-corrected chi connectivity index (χ0v) is 30.4. The minimum Gasteiger partial charge on any atom is -0.493 e. The second-order valence-corrected chi connectivity index (χ2v) is 13.4. The van der Waals surface area contributed by atoms with E-state index in [2.05, 4.69) is 54.9 Å². The molecule has 4 aromatic carbocycles. The van der Waals surface area contributed by atoms with E-state index in [1.54, 1.807) is 55.7 Å². The first-order valence-corrected chi connectivity index (χ1v) is 17.6. The molecule has 272 valence electrons. The maximum Gasteiger partial charge on any atom is 0.291 e. The van der Waals surface area contributed by atoms with E-state index in [0.717, 1.165) is 66.5 Å². The van der Waals surface area contributed by atoms with E-state index in [4.69, 9.17) is 13.9 Å². The third-order valence-electron chi connectivity index (χ3n) is 9.95. The molecule has 1 amide bonds. The number of tetrazole rings is 1. The molecule has 1 aliphatic heterocycles. The van der Waals surface area contributed by atoms with Gasteiger partial charge in [-0.15, -0.1) is 15.0 Å². The number of aromatic nitrogens is 6. The minimum absolute atomic E-state index is 0.116. The molecular formula is C41H38N8O5. The van der Waals surface area contributed by atoms with Gasteiger partial charge >= 0.3 is 0 Å². The zero-order valence-electron chi connectivity index (χ0n) is 30.4. The molecule has 0 saturated carbocycles. The van der Waals surface area contributed by atoms with Crippen molar-refractivity contribution in [2.75, 3.05) is 32.6 Å². The summed E-state index contributed by atoms with van der Waals surface area (Å²) in [4.78, 5) is 34.6. The van der Waals surface area contributed by atoms with Crippen LogP contribution >= 0.6 is 0 Å². The molecule has 7 aromatic rings. The fourth-order valence-corrected chi connectivity index (χ4v) is 6.76. The molecule has 0 radical (unpaired) electrons. The summed E-state index contributed by atoms with van der Waals surface area (Å²) in [5.74, 6) is 1.18. The lowest BCUT2D eigenvalue weighted by Crippen LogP contribution is -2.32. The highest BCUT2D eigenvalue weighted by atomic mass is 16.5. The van der Waals surface area contributed by atoms with Crippen LogP contribution in [0.25, 0.3) is 33.7 Å². The number of anilines is 1. The van der Waals surface area contributed by atoms with Gasteiger partial charge in [0, 0.05) is 49.3 Å². The van der Waals surface area contributed by atoms with E-state index in [9.17, 15) is 9.59 Å². The van der Waals surface area contributed by atoms with Gasteiger partial charge in [0.2, 0.25) is 5.82 Å². The monoisotopic (exact) mass is 722 g/mol. The van der Waals surface area contributed by atoms with Crippen molar-refractivity contribution in [1.29, 1.82) is 0 Å². The van der Waals surface area contributed by atoms with E-state index >= 15 is 0 Å². The summed E-state index contributed by atoms with van der Waals surface area (Å²) in [6.45, 7) is 6.71. The summed E-state index contributed by atoms with van der Waals surface area (Å²) in [7, 11) is 3.34. The summed E-state index contributed by atoms with van der Waals surface area (Å²) >= 11 is 0. The van der Waals surface area contributed by atoms with E-state index in [0.29, 0.717) is 28.0 Å². The molecule has 13 heteroatoms. The number of fused-ring (bicyclic) bond motifs is 2. The van der Waals surface area contributed by atoms with Crippen molar-refractivity contribution in [2.45, 2.75) is 33.2 Å². The van der Waals surface area contributed by atoms with Crippen LogP contribution in [-0.2, 0) is 19.4 Å². The van der Waals surface area contributed by atoms with Crippen LogP contribution < -0.4 is 20.2 Å². The molecule has 0 unspecified atom stereocenters. The van der Waals surface area contributed by atoms with Crippen LogP contribution in [0.1, 0.15) is 38.4 Å². The highest BCUT2D eigenvalue weighted by molar-refractivity contribution is 6.05. The molecular weight excluding hydrogens is 685 g/mol. The molecule has 3 aromatic heterocycles. The van der Waals surface area contributed by atoms with Gasteiger partial charge in [0.15, 0.2) is 22.7 Å². The second-order valence-electron chi connectivity index (χ2n) is 13.4. The van der Waals surface area contributed by atoms with Crippen molar-refractivity contribution < 1.29 is 18.7 Å². The number of nitrogens with one attached hydrogen (secondary N) is 1. The second kappa shape index (κ2) is 14.4. The number of imidazole rings is 1. The van der Waals surface area contributed by atoms with Gasteiger partial charge in [-0.05, 0) is 114 Å². The van der Waals surface area contributed by atoms with Crippen LogP contribution in [0.4, 0.5) is 5.69 Å². The van der Waals surface area contributed by atoms with Gasteiger partial charge in [-0.25, -0.2) is 4.98 Å². The first-order chi connectivity index (χ1) is 26.3. The average Bonchev–Trinajstić information content (AvgIpc) is 3.92. The van der Waals surface area contributed by atoms with Crippen LogP contribution in [-0.4, -0.2) is 67.9 Å². The molecule has 8 rings (SSSR count). The summed E-state index contributed by atoms with van der Waals surface area (Å²) in [5, 5.41) is 16.6. The number of benzene rings is 4. The van der Waals surface area contributed by atoms with E-state index in [-0.39, 0.29) is 11.2 Å². The van der Waals surface area contributed by atoms with Gasteiger partial charge in [0.1, 0.15) is 5.58 Å². The maximum atomic E-state index is 13.5. The van der Waals surface area contributed by atoms with Crippen LogP contribution in [0.3, 0.4) is 0 Å². The number of ether oxygens (including phenoxy) is 2. The lowest BCUT2D eigenvalue weighted by atomic mass is 9.98. The predicted molar refractivity (Wildman–Crippen MR) is 204 cm³/mol. The fourth-order valence-electron chi connectivity index (χ4n) is 6.76. The molecule has 13 nitrogen and oxygen atoms in total. The number of nitrogens with zero attached hydrogens (tertiary/aromatic N) is 7. The fraction of sp³-hybridized carbons (Fsp3) is 0.220. The van der Waals surface area contributed by atoms with Crippen molar-refractivity contribution >= 4 is 22.6 Å². The highest BCUT2D eigenvalue weighted by Crippen LogP contribution is 2.33. The number of hydrogen-bond acceptors (Lipinski definition) is 10. The third kappa shape index (κ3) is 6.84. The number of carbonyl (C=O) groups excluding carboxylic acids is 1. The first kappa shape index (κ1) is 34.5. The SMILES string of the molecule is COc1cc2c(cc1OC)CN(CCc1ccc(-n3nnc(-c4cc(C)c(C)cc4NC(=O)c4cc(=O)c5cc(-n6ccnc6)ccc5o4)n3)cc1)CC2. The Bertz CT molecular complexity index is 2560. The van der Waals surface area contributed by atoms with Gasteiger partial charge in [0.05, 0.1) is 37.3 Å². The van der Waals surface area contributed by atoms with Gasteiger partial charge < -0.3 is 23.8 Å². The number of carbonyl (C=O) groups is 1. The molecule has 0 saturated heterocycles. The van der Waals surface area contributed by atoms with Gasteiger partial charge in [0.25, 0.3) is 5.91 Å². The Hall–Kier alpha value is -6.60. The topological polar surface area (TPSA) is 142 Å². The molecule has 4 heterocycles. The van der Waals surface area contributed by atoms with Crippen molar-refractivity contribution in [2.24, 2.45) is 0 Å². The molecule has 0 bridgehead atoms. The number of hydrogen-bond donors (Lipinski definition) is 1. The Kier molecular flexibility index (Phi) is 9.22. The number of rotatable bonds is 10. The number of amides is 1. The molecule has 0 spiro atoms. The van der Waals surface area contributed by atoms with Crippen molar-refractivity contribution in [3.05, 3.63) is 135 Å². The van der Waals surface area contributed by atoms with E-state index < -0.39 is 5.91 Å². The van der Waals surface area contributed by atoms with Crippen LogP contribution in [0, 0.1) is 13.8 Å². The van der Waals surface area contributed by atoms with Crippen molar-refractivity contribution in [3.63, 3.8) is 0 Å². The standard InChI is InChI=1S/C41H38N8O5/c1-25-17-32(34(18-26(25)2)43-41(51)39-22-35(50)33-21-31(9-10-36(33)54-39)48-16-13-42-24-48)40-44-46-49(45-40)30-7-5-27(6-8-30)11-14-47-15-12-28-19-37(52-3)38(53-4)20-29(28)23-47/h5-10,13,16-22,24H,11-12,14-15,23H2,1-4H3,(H,43,51). The van der Waals surface area contributed by atoms with E-state index in [1.807, 2.05) is 38.1 Å². The van der Waals surface area contributed by atoms with Crippen LogP contribution in [0.15, 0.2) is 101 Å². The summed E-state index contributed by atoms with van der Waals surface area (Å²) in [6, 6.07) is 22.4. The number of methoxy groups -OCH3 is 2. The van der Waals surface area contributed by atoms with Gasteiger partial charge in [-0.3, -0.25) is 14.5 Å². The van der Waals surface area contributed by atoms with Gasteiger partial charge in [-0.2, -0.15) is 0 Å². The van der Waals surface area contributed by atoms with Crippen LogP contribution in [0.2, 0.25) is 0 Å². The number of aryl methyl sites for hydroxylation is 2. The van der Waals surface area contributed by atoms with Gasteiger partial charge in [-0.1, -0.05) is 12.1 Å². The summed E-state index contributed by atoms with van der Waals surface area (Å²) in [5.41, 5.74) is 8.26. The molecule has 1 aliphatic rings. The van der Waals surface area contributed by atoms with Crippen molar-refractivity contribution in [1.82, 2.24) is 34.7 Å². The minimum atomic E-state index is -0.575. The lowest BCUT2D eigenvalue weighted by Gasteiger charge is -2.29. The lowest BCUT2D eigenvalue weighted by molar-refractivity contribution is 0.0997. The first-order valence-electron chi connectivity index (χ1n) is 17.6. The average molecular weight is 723 g/mol. The Labute approximate surface area is 310 Å². The molecule has 0 fully saturated rings. The zero-order chi connectivity index (χ0) is 37.3. The highest BCUT2D eigenvalue weighted by Gasteiger charge is 2.21. The molecule has 54 heavy (non-hydrogen) atoms. The molecule has 0 aliphatic carbocycles. The Balaban J connectivity index is 0.962. The normalized spacial score (nSPS) is 12.8. The van der Waals surface area contributed by atoms with E-state index in [1.165, 1.54) is 27.6 Å². The summed E-state index contributed by atoms with van der Waals surface area (Å²) in [6.07, 6.45) is 6.94. The Morgan fingerprint density at radius 2 is 1.67 bits per heavy atom. The summed E-state index contributed by atoms with van der Waals surface area (Å²) < 4.78 is 18.7. The largest absolute Gasteiger partial charge is 0.493 e. The Morgan fingerprint density at radius 3 is 2.43 bits per heavy atom. The quantitative estimate of drug-likeness (QED) is 0.176. The Morgan fingerprint density at radius 1 is 0.907 bits per heavy atom.